The molecule has 0 aromatic carbocycles. The summed E-state index contributed by atoms with van der Waals surface area (Å²) in [4.78, 5) is 42.4. The number of unbranched alkanes of at least 4 members (excludes halogenated alkanes) is 1. The number of Topliss-reactive ketones (excluding diaryl/α,β-unsaturated/α-hetero) is 1. The van der Waals surface area contributed by atoms with Crippen LogP contribution in [-0.4, -0.2) is 105 Å². The monoisotopic (exact) mass is 653 g/mol. The number of esters is 1. The molecule has 0 spiro atoms. The number of carbonyl (C=O) groups is 3. The van der Waals surface area contributed by atoms with Crippen LogP contribution in [0.2, 0.25) is 5.82 Å². The minimum Gasteiger partial charge on any atom is -0.458 e. The molecule has 0 aliphatic carbocycles. The smallest absolute Gasteiger partial charge is 0.410 e. The number of nitrogens with zero attached hydrogens (tertiary/aromatic N) is 6. The van der Waals surface area contributed by atoms with Gasteiger partial charge in [-0.05, 0) is 83.8 Å². The lowest BCUT2D eigenvalue weighted by atomic mass is 9.62. The Bertz CT molecular complexity index is 1380. The van der Waals surface area contributed by atoms with Gasteiger partial charge in [0.15, 0.2) is 5.60 Å². The first kappa shape index (κ1) is 36.5. The maximum atomic E-state index is 13.6. The molecular weight excluding hydrogens is 601 g/mol. The van der Waals surface area contributed by atoms with Crippen molar-refractivity contribution >= 4 is 25.7 Å². The topological polar surface area (TPSA) is 151 Å². The number of amides is 1. The highest BCUT2D eigenvalue weighted by Gasteiger charge is 2.58. The molecule has 0 saturated carbocycles. The molecule has 2 aliphatic rings. The zero-order chi connectivity index (χ0) is 34.5. The van der Waals surface area contributed by atoms with Gasteiger partial charge in [-0.3, -0.25) is 19.2 Å². The van der Waals surface area contributed by atoms with Gasteiger partial charge < -0.3 is 19.5 Å². The quantitative estimate of drug-likeness (QED) is 0.194. The second kappa shape index (κ2) is 15.2. The molecule has 0 bridgehead atoms. The average molecular weight is 654 g/mol. The van der Waals surface area contributed by atoms with Crippen molar-refractivity contribution in [2.75, 3.05) is 20.2 Å². The van der Waals surface area contributed by atoms with Crippen molar-refractivity contribution in [1.29, 1.82) is 0 Å². The number of fused-ring (bicyclic) bond motifs is 1. The molecule has 0 radical (unpaired) electrons. The minimum atomic E-state index is -1.14. The van der Waals surface area contributed by atoms with E-state index in [1.54, 1.807) is 35.9 Å². The SMILES string of the molecule is B[C@@H]1[C@@H](C)C(=O)[C@@H](C)C(=O)O[C@H](CC)[C@@]2(C)OC(=O)N(CCCCn3cc(-c4cccnn4)nn3)[C@@H]2[C@@H](C)NC[C@H](C)C[C@@]1(C)OC. The summed E-state index contributed by atoms with van der Waals surface area (Å²) in [5.41, 5.74) is -0.426. The fraction of sp³-hybridized carbons (Fsp3) is 0.727. The lowest BCUT2D eigenvalue weighted by Crippen LogP contribution is -2.61. The normalized spacial score (nSPS) is 34.3. The van der Waals surface area contributed by atoms with Crippen LogP contribution in [0.25, 0.3) is 11.4 Å². The van der Waals surface area contributed by atoms with E-state index in [-0.39, 0.29) is 23.6 Å². The number of ether oxygens (including phenoxy) is 3. The van der Waals surface area contributed by atoms with Crippen molar-refractivity contribution < 1.29 is 28.6 Å². The average Bonchev–Trinajstić information content (AvgIpc) is 3.64. The molecule has 2 fully saturated rings. The van der Waals surface area contributed by atoms with Crippen LogP contribution in [0.15, 0.2) is 24.5 Å². The molecule has 14 heteroatoms. The summed E-state index contributed by atoms with van der Waals surface area (Å²) in [6, 6.07) is 3.01. The highest BCUT2D eigenvalue weighted by molar-refractivity contribution is 6.15. The van der Waals surface area contributed by atoms with Crippen LogP contribution < -0.4 is 5.32 Å². The number of rotatable bonds is 8. The summed E-state index contributed by atoms with van der Waals surface area (Å²) in [5.74, 6) is -2.12. The fourth-order valence-corrected chi connectivity index (χ4v) is 7.35. The molecule has 2 saturated heterocycles. The van der Waals surface area contributed by atoms with Gasteiger partial charge in [0.05, 0.1) is 17.8 Å². The number of carbonyl (C=O) groups excluding carboxylic acids is 3. The van der Waals surface area contributed by atoms with Gasteiger partial charge in [0, 0.05) is 38.4 Å². The third-order valence-corrected chi connectivity index (χ3v) is 10.6. The Balaban J connectivity index is 1.54. The third kappa shape index (κ3) is 7.85. The van der Waals surface area contributed by atoms with Crippen LogP contribution in [0, 0.1) is 17.8 Å². The number of nitrogens with one attached hydrogen (secondary N) is 1. The molecule has 4 rings (SSSR count). The van der Waals surface area contributed by atoms with Crippen molar-refractivity contribution in [1.82, 2.24) is 35.4 Å². The number of aryl methyl sites for hydroxylation is 1. The molecule has 258 valence electrons. The zero-order valence-electron chi connectivity index (χ0n) is 29.4. The molecule has 1 N–H and O–H groups in total. The number of methoxy groups -OCH3 is 1. The van der Waals surface area contributed by atoms with Crippen LogP contribution >= 0.6 is 0 Å². The van der Waals surface area contributed by atoms with Crippen molar-refractivity contribution in [2.45, 2.75) is 116 Å². The predicted molar refractivity (Wildman–Crippen MR) is 178 cm³/mol. The van der Waals surface area contributed by atoms with Gasteiger partial charge in [-0.15, -0.1) is 10.2 Å². The van der Waals surface area contributed by atoms with E-state index in [4.69, 9.17) is 14.2 Å². The van der Waals surface area contributed by atoms with Crippen molar-refractivity contribution in [2.24, 2.45) is 17.8 Å². The summed E-state index contributed by atoms with van der Waals surface area (Å²) in [6.45, 7) is 15.2. The zero-order valence-corrected chi connectivity index (χ0v) is 29.4. The second-order valence-electron chi connectivity index (χ2n) is 13.9. The van der Waals surface area contributed by atoms with Crippen LogP contribution in [0.5, 0.6) is 0 Å². The highest BCUT2D eigenvalue weighted by Crippen LogP contribution is 2.40. The molecule has 1 amide bonds. The molecule has 2 aromatic rings. The van der Waals surface area contributed by atoms with Crippen LogP contribution in [-0.2, 0) is 30.3 Å². The molecule has 13 nitrogen and oxygen atoms in total. The summed E-state index contributed by atoms with van der Waals surface area (Å²) in [5, 5.41) is 20.1. The summed E-state index contributed by atoms with van der Waals surface area (Å²) in [6.07, 6.45) is 4.81. The second-order valence-corrected chi connectivity index (χ2v) is 13.9. The maximum absolute atomic E-state index is 13.6. The van der Waals surface area contributed by atoms with Gasteiger partial charge in [-0.2, -0.15) is 5.10 Å². The van der Waals surface area contributed by atoms with Crippen LogP contribution in [0.4, 0.5) is 4.79 Å². The predicted octanol–water partition coefficient (Wildman–Crippen LogP) is 3.10. The van der Waals surface area contributed by atoms with Crippen molar-refractivity contribution in [3.05, 3.63) is 24.5 Å². The van der Waals surface area contributed by atoms with E-state index >= 15 is 0 Å². The van der Waals surface area contributed by atoms with E-state index in [1.807, 2.05) is 54.7 Å². The Kier molecular flexibility index (Phi) is 11.8. The molecule has 2 aromatic heterocycles. The Labute approximate surface area is 279 Å². The van der Waals surface area contributed by atoms with Gasteiger partial charge in [0.25, 0.3) is 0 Å². The number of ketones is 1. The highest BCUT2D eigenvalue weighted by atomic mass is 16.6. The molecular formula is C33H52BN7O6. The third-order valence-electron chi connectivity index (χ3n) is 10.6. The standard InChI is InChI=1S/C33H52BN7O6/c1-9-26-33(7)29(41(31(44)47-33)16-11-10-15-40-19-25(38-39-40)24-13-12-14-36-37-24)23(5)35-18-20(2)17-32(6,45-8)28(34)21(3)27(42)22(4)30(43)46-26/h12-14,19-23,26,28-29,35H,9-11,15-18,34H2,1-8H3/t20-,21+,22-,23-,26-,28-,29-,32-,33-/m1/s1. The number of hydrogen-bond donors (Lipinski definition) is 1. The minimum absolute atomic E-state index is 0.133. The van der Waals surface area contributed by atoms with Crippen LogP contribution in [0.1, 0.15) is 74.1 Å². The first-order valence-electron chi connectivity index (χ1n) is 17.0. The Hall–Kier alpha value is -3.39. The van der Waals surface area contributed by atoms with Crippen molar-refractivity contribution in [3.63, 3.8) is 0 Å². The van der Waals surface area contributed by atoms with Gasteiger partial charge >= 0.3 is 12.1 Å². The first-order valence-corrected chi connectivity index (χ1v) is 17.0. The fourth-order valence-electron chi connectivity index (χ4n) is 7.35. The van der Waals surface area contributed by atoms with E-state index in [0.29, 0.717) is 50.3 Å². The lowest BCUT2D eigenvalue weighted by molar-refractivity contribution is -0.170. The van der Waals surface area contributed by atoms with E-state index < -0.39 is 47.2 Å². The molecule has 9 atom stereocenters. The molecule has 2 aliphatic heterocycles. The number of hydrogen-bond acceptors (Lipinski definition) is 11. The van der Waals surface area contributed by atoms with Gasteiger partial charge in [0.1, 0.15) is 37.0 Å². The molecule has 0 unspecified atom stereocenters. The molecule has 4 heterocycles. The first-order chi connectivity index (χ1) is 22.3. The van der Waals surface area contributed by atoms with Gasteiger partial charge in [0.2, 0.25) is 0 Å². The van der Waals surface area contributed by atoms with E-state index in [2.05, 4.69) is 32.7 Å². The summed E-state index contributed by atoms with van der Waals surface area (Å²) < 4.78 is 20.0. The Morgan fingerprint density at radius 1 is 1.09 bits per heavy atom. The van der Waals surface area contributed by atoms with E-state index in [0.717, 1.165) is 6.42 Å². The number of aromatic nitrogens is 5. The maximum Gasteiger partial charge on any atom is 0.410 e. The van der Waals surface area contributed by atoms with Crippen molar-refractivity contribution in [3.8, 4) is 11.4 Å². The summed E-state index contributed by atoms with van der Waals surface area (Å²) >= 11 is 0. The van der Waals surface area contributed by atoms with Gasteiger partial charge in [-0.1, -0.05) is 26.0 Å². The van der Waals surface area contributed by atoms with E-state index in [9.17, 15) is 14.4 Å². The lowest BCUT2D eigenvalue weighted by Gasteiger charge is -2.41. The van der Waals surface area contributed by atoms with E-state index in [1.165, 1.54) is 0 Å². The van der Waals surface area contributed by atoms with Crippen LogP contribution in [0.3, 0.4) is 0 Å². The molecule has 47 heavy (non-hydrogen) atoms. The largest absolute Gasteiger partial charge is 0.458 e. The van der Waals surface area contributed by atoms with Gasteiger partial charge in [-0.25, -0.2) is 4.79 Å². The Morgan fingerprint density at radius 2 is 1.81 bits per heavy atom. The summed E-state index contributed by atoms with van der Waals surface area (Å²) in [7, 11) is 3.70. The Morgan fingerprint density at radius 3 is 2.47 bits per heavy atom. The number of cyclic esters (lactones) is 1.